The molecule has 10 heteroatoms. The Morgan fingerprint density at radius 1 is 1.00 bits per heavy atom. The number of halogens is 3. The Morgan fingerprint density at radius 2 is 1.65 bits per heavy atom. The van der Waals surface area contributed by atoms with Crippen LogP contribution < -0.4 is 16.2 Å². The second kappa shape index (κ2) is 9.90. The molecule has 0 aliphatic carbocycles. The number of carbonyl (C=O) groups excluding carboxylic acids is 2. The van der Waals surface area contributed by atoms with Crippen molar-refractivity contribution < 1.29 is 22.8 Å². The molecule has 34 heavy (non-hydrogen) atoms. The molecule has 7 nitrogen and oxygen atoms in total. The number of hydrogen-bond donors (Lipinski definition) is 2. The number of aryl methyl sites for hydroxylation is 1. The Bertz CT molecular complexity index is 1270. The molecule has 0 aliphatic heterocycles. The lowest BCUT2D eigenvalue weighted by atomic mass is 10.1. The SMILES string of the molecule is Cc1ccc(-c2cc(NC(=O)C(C)C)c(=O)n(CC(=O)Nc3ccccc3C(F)(F)F)n2)cc1. The van der Waals surface area contributed by atoms with E-state index in [1.807, 2.05) is 19.1 Å². The maximum atomic E-state index is 13.2. The molecule has 0 unspecified atom stereocenters. The van der Waals surface area contributed by atoms with Crippen molar-refractivity contribution in [2.45, 2.75) is 33.5 Å². The summed E-state index contributed by atoms with van der Waals surface area (Å²) in [7, 11) is 0. The molecule has 0 saturated carbocycles. The molecular formula is C24H23F3N4O3. The van der Waals surface area contributed by atoms with Gasteiger partial charge in [0.1, 0.15) is 12.2 Å². The van der Waals surface area contributed by atoms with Crippen LogP contribution in [0.4, 0.5) is 24.5 Å². The average Bonchev–Trinajstić information content (AvgIpc) is 2.76. The van der Waals surface area contributed by atoms with Gasteiger partial charge in [-0.05, 0) is 25.1 Å². The monoisotopic (exact) mass is 472 g/mol. The first-order valence-corrected chi connectivity index (χ1v) is 10.4. The predicted octanol–water partition coefficient (Wildman–Crippen LogP) is 4.47. The molecule has 0 radical (unpaired) electrons. The Kier molecular flexibility index (Phi) is 7.19. The largest absolute Gasteiger partial charge is 0.418 e. The van der Waals surface area contributed by atoms with Crippen LogP contribution in [0.2, 0.25) is 0 Å². The topological polar surface area (TPSA) is 93.1 Å². The second-order valence-electron chi connectivity index (χ2n) is 8.01. The lowest BCUT2D eigenvalue weighted by molar-refractivity contribution is -0.137. The number of amides is 2. The van der Waals surface area contributed by atoms with Crippen molar-refractivity contribution in [1.82, 2.24) is 9.78 Å². The van der Waals surface area contributed by atoms with E-state index in [4.69, 9.17) is 0 Å². The molecule has 0 fully saturated rings. The van der Waals surface area contributed by atoms with Crippen molar-refractivity contribution >= 4 is 23.2 Å². The zero-order valence-corrected chi connectivity index (χ0v) is 18.7. The van der Waals surface area contributed by atoms with Crippen LogP contribution in [0, 0.1) is 12.8 Å². The zero-order valence-electron chi connectivity index (χ0n) is 18.7. The highest BCUT2D eigenvalue weighted by Crippen LogP contribution is 2.34. The lowest BCUT2D eigenvalue weighted by Crippen LogP contribution is -2.33. The molecule has 1 heterocycles. The Balaban J connectivity index is 1.97. The number of nitrogens with one attached hydrogen (secondary N) is 2. The number of alkyl halides is 3. The third-order valence-corrected chi connectivity index (χ3v) is 4.90. The molecule has 1 aromatic heterocycles. The summed E-state index contributed by atoms with van der Waals surface area (Å²) in [6.07, 6.45) is -4.67. The summed E-state index contributed by atoms with van der Waals surface area (Å²) in [6.45, 7) is 4.55. The van der Waals surface area contributed by atoms with Gasteiger partial charge in [0, 0.05) is 11.5 Å². The molecule has 0 bridgehead atoms. The molecule has 2 aromatic carbocycles. The lowest BCUT2D eigenvalue weighted by Gasteiger charge is -2.15. The minimum absolute atomic E-state index is 0.0900. The molecule has 2 amide bonds. The summed E-state index contributed by atoms with van der Waals surface area (Å²) < 4.78 is 40.5. The molecule has 3 aromatic rings. The third-order valence-electron chi connectivity index (χ3n) is 4.90. The fourth-order valence-corrected chi connectivity index (χ4v) is 3.05. The quantitative estimate of drug-likeness (QED) is 0.554. The maximum Gasteiger partial charge on any atom is 0.418 e. The van der Waals surface area contributed by atoms with E-state index in [1.165, 1.54) is 18.2 Å². The predicted molar refractivity (Wildman–Crippen MR) is 122 cm³/mol. The highest BCUT2D eigenvalue weighted by Gasteiger charge is 2.33. The molecule has 178 valence electrons. The highest BCUT2D eigenvalue weighted by atomic mass is 19.4. The van der Waals surface area contributed by atoms with Gasteiger partial charge in [-0.1, -0.05) is 55.8 Å². The van der Waals surface area contributed by atoms with E-state index in [0.29, 0.717) is 11.3 Å². The van der Waals surface area contributed by atoms with Crippen molar-refractivity contribution in [1.29, 1.82) is 0 Å². The average molecular weight is 472 g/mol. The van der Waals surface area contributed by atoms with Crippen LogP contribution in [-0.2, 0) is 22.3 Å². The van der Waals surface area contributed by atoms with Crippen LogP contribution in [0.5, 0.6) is 0 Å². The maximum absolute atomic E-state index is 13.2. The van der Waals surface area contributed by atoms with E-state index in [1.54, 1.807) is 26.0 Å². The van der Waals surface area contributed by atoms with Crippen molar-refractivity contribution in [3.05, 3.63) is 76.1 Å². The van der Waals surface area contributed by atoms with Gasteiger partial charge in [0.25, 0.3) is 5.56 Å². The molecule has 2 N–H and O–H groups in total. The van der Waals surface area contributed by atoms with Crippen molar-refractivity contribution in [3.8, 4) is 11.3 Å². The zero-order chi connectivity index (χ0) is 25.0. The smallest absolute Gasteiger partial charge is 0.324 e. The van der Waals surface area contributed by atoms with E-state index in [-0.39, 0.29) is 5.69 Å². The van der Waals surface area contributed by atoms with Crippen LogP contribution in [-0.4, -0.2) is 21.6 Å². The van der Waals surface area contributed by atoms with Gasteiger partial charge in [-0.25, -0.2) is 4.68 Å². The molecule has 0 saturated heterocycles. The van der Waals surface area contributed by atoms with Gasteiger partial charge >= 0.3 is 6.18 Å². The second-order valence-corrected chi connectivity index (χ2v) is 8.01. The minimum atomic E-state index is -4.67. The summed E-state index contributed by atoms with van der Waals surface area (Å²) in [4.78, 5) is 37.7. The van der Waals surface area contributed by atoms with E-state index < -0.39 is 47.3 Å². The fourth-order valence-electron chi connectivity index (χ4n) is 3.05. The van der Waals surface area contributed by atoms with E-state index in [0.717, 1.165) is 22.4 Å². The summed E-state index contributed by atoms with van der Waals surface area (Å²) in [5.41, 5.74) is -0.368. The number of benzene rings is 2. The standard InChI is InChI=1S/C24H23F3N4O3/c1-14(2)22(33)29-20-12-19(16-10-8-15(3)9-11-16)30-31(23(20)34)13-21(32)28-18-7-5-4-6-17(18)24(25,26)27/h4-12,14H,13H2,1-3H3,(H,28,32)(H,29,33). The van der Waals surface area contributed by atoms with Crippen LogP contribution in [0.15, 0.2) is 59.4 Å². The van der Waals surface area contributed by atoms with Crippen molar-refractivity contribution in [2.24, 2.45) is 5.92 Å². The van der Waals surface area contributed by atoms with Gasteiger partial charge in [-0.3, -0.25) is 14.4 Å². The molecular weight excluding hydrogens is 449 g/mol. The van der Waals surface area contributed by atoms with Gasteiger partial charge in [0.2, 0.25) is 11.8 Å². The van der Waals surface area contributed by atoms with Gasteiger partial charge in [0.05, 0.1) is 16.9 Å². The van der Waals surface area contributed by atoms with Crippen LogP contribution in [0.1, 0.15) is 25.0 Å². The number of carbonyl (C=O) groups is 2. The van der Waals surface area contributed by atoms with E-state index in [9.17, 15) is 27.6 Å². The molecule has 0 aliphatic rings. The first-order valence-electron chi connectivity index (χ1n) is 10.4. The van der Waals surface area contributed by atoms with Crippen molar-refractivity contribution in [2.75, 3.05) is 10.6 Å². The number of aromatic nitrogens is 2. The normalized spacial score (nSPS) is 11.4. The highest BCUT2D eigenvalue weighted by molar-refractivity contribution is 5.93. The van der Waals surface area contributed by atoms with Crippen molar-refractivity contribution in [3.63, 3.8) is 0 Å². The number of anilines is 2. The van der Waals surface area contributed by atoms with E-state index >= 15 is 0 Å². The first kappa shape index (κ1) is 24.7. The number of para-hydroxylation sites is 1. The Labute approximate surface area is 193 Å². The van der Waals surface area contributed by atoms with E-state index in [2.05, 4.69) is 15.7 Å². The Hall–Kier alpha value is -3.95. The van der Waals surface area contributed by atoms with Gasteiger partial charge in [-0.15, -0.1) is 0 Å². The van der Waals surface area contributed by atoms with Gasteiger partial charge < -0.3 is 10.6 Å². The van der Waals surface area contributed by atoms with Gasteiger partial charge in [-0.2, -0.15) is 18.3 Å². The number of rotatable bonds is 6. The summed E-state index contributed by atoms with van der Waals surface area (Å²) in [5.74, 6) is -1.70. The van der Waals surface area contributed by atoms with Crippen LogP contribution >= 0.6 is 0 Å². The van der Waals surface area contributed by atoms with Gasteiger partial charge in [0.15, 0.2) is 0 Å². The minimum Gasteiger partial charge on any atom is -0.324 e. The number of hydrogen-bond acceptors (Lipinski definition) is 4. The number of nitrogens with zero attached hydrogens (tertiary/aromatic N) is 2. The summed E-state index contributed by atoms with van der Waals surface area (Å²) in [6, 6.07) is 13.1. The first-order chi connectivity index (χ1) is 16.0. The van der Waals surface area contributed by atoms with Crippen LogP contribution in [0.25, 0.3) is 11.3 Å². The summed E-state index contributed by atoms with van der Waals surface area (Å²) >= 11 is 0. The third kappa shape index (κ3) is 5.89. The Morgan fingerprint density at radius 3 is 2.26 bits per heavy atom. The summed E-state index contributed by atoms with van der Waals surface area (Å²) in [5, 5.41) is 8.93. The van der Waals surface area contributed by atoms with Crippen LogP contribution in [0.3, 0.4) is 0 Å². The molecule has 3 rings (SSSR count). The molecule has 0 spiro atoms. The molecule has 0 atom stereocenters. The fraction of sp³-hybridized carbons (Fsp3) is 0.250.